The summed E-state index contributed by atoms with van der Waals surface area (Å²) in [5, 5.41) is 3.83. The van der Waals surface area contributed by atoms with Crippen molar-refractivity contribution in [1.29, 1.82) is 0 Å². The summed E-state index contributed by atoms with van der Waals surface area (Å²) >= 11 is 6.10. The van der Waals surface area contributed by atoms with Crippen LogP contribution in [0, 0.1) is 30.6 Å². The summed E-state index contributed by atoms with van der Waals surface area (Å²) in [6, 6.07) is 5.66. The number of imide groups is 1. The van der Waals surface area contributed by atoms with Crippen LogP contribution in [-0.4, -0.2) is 23.4 Å². The number of carbonyl (C=O) groups is 2. The highest BCUT2D eigenvalue weighted by Crippen LogP contribution is 2.56. The number of hydrogen-bond acceptors (Lipinski definition) is 3. The first-order chi connectivity index (χ1) is 10.6. The molecular weight excluding hydrogens is 300 g/mol. The fraction of sp³-hybridized carbons (Fsp3) is 0.529. The molecule has 0 radical (unpaired) electrons. The van der Waals surface area contributed by atoms with Crippen LogP contribution in [0.3, 0.4) is 0 Å². The largest absolute Gasteiger partial charge is 0.367 e. The Morgan fingerprint density at radius 1 is 1.18 bits per heavy atom. The molecule has 2 amide bonds. The van der Waals surface area contributed by atoms with Crippen LogP contribution in [0.25, 0.3) is 0 Å². The number of rotatable bonds is 3. The standard InChI is InChI=1S/C17H19ClN2O2/c1-9-2-5-12(7-13(9)18)19-8-20-16(21)14-10-3-4-11(6-10)15(14)17(20)22/h2,5,7,10-11,14-15,19H,3-4,6,8H2,1H3/t10-,11+,14-,15-/m0/s1. The van der Waals surface area contributed by atoms with Gasteiger partial charge < -0.3 is 5.32 Å². The van der Waals surface area contributed by atoms with E-state index in [1.165, 1.54) is 4.90 Å². The van der Waals surface area contributed by atoms with Gasteiger partial charge in [-0.2, -0.15) is 0 Å². The Morgan fingerprint density at radius 3 is 2.41 bits per heavy atom. The number of likely N-dealkylation sites (tertiary alicyclic amines) is 1. The minimum Gasteiger partial charge on any atom is -0.367 e. The van der Waals surface area contributed by atoms with E-state index < -0.39 is 0 Å². The van der Waals surface area contributed by atoms with Crippen molar-refractivity contribution in [1.82, 2.24) is 4.90 Å². The maximum absolute atomic E-state index is 12.6. The lowest BCUT2D eigenvalue weighted by Crippen LogP contribution is -2.36. The monoisotopic (exact) mass is 318 g/mol. The number of amides is 2. The van der Waals surface area contributed by atoms with Gasteiger partial charge in [-0.1, -0.05) is 17.7 Å². The quantitative estimate of drug-likeness (QED) is 0.871. The highest BCUT2D eigenvalue weighted by atomic mass is 35.5. The van der Waals surface area contributed by atoms with Gasteiger partial charge in [0.25, 0.3) is 0 Å². The molecule has 0 spiro atoms. The zero-order valence-electron chi connectivity index (χ0n) is 12.5. The van der Waals surface area contributed by atoms with E-state index in [-0.39, 0.29) is 30.3 Å². The van der Waals surface area contributed by atoms with Gasteiger partial charge in [0.2, 0.25) is 11.8 Å². The van der Waals surface area contributed by atoms with Crippen LogP contribution in [0.1, 0.15) is 24.8 Å². The summed E-state index contributed by atoms with van der Waals surface area (Å²) in [5.41, 5.74) is 1.84. The summed E-state index contributed by atoms with van der Waals surface area (Å²) in [4.78, 5) is 26.5. The molecule has 4 atom stereocenters. The molecule has 2 aliphatic carbocycles. The van der Waals surface area contributed by atoms with Crippen LogP contribution in [0.2, 0.25) is 5.02 Å². The molecule has 22 heavy (non-hydrogen) atoms. The number of aryl methyl sites for hydroxylation is 1. The van der Waals surface area contributed by atoms with Gasteiger partial charge in [0, 0.05) is 10.7 Å². The Labute approximate surface area is 134 Å². The van der Waals surface area contributed by atoms with Crippen LogP contribution in [-0.2, 0) is 9.59 Å². The number of hydrogen-bond donors (Lipinski definition) is 1. The van der Waals surface area contributed by atoms with Crippen molar-refractivity contribution >= 4 is 29.1 Å². The second-order valence-corrected chi connectivity index (χ2v) is 7.20. The van der Waals surface area contributed by atoms with Gasteiger partial charge in [0.05, 0.1) is 18.5 Å². The maximum Gasteiger partial charge on any atom is 0.234 e. The van der Waals surface area contributed by atoms with E-state index in [9.17, 15) is 9.59 Å². The first-order valence-electron chi connectivity index (χ1n) is 7.91. The molecule has 5 heteroatoms. The number of halogens is 1. The lowest BCUT2D eigenvalue weighted by atomic mass is 9.81. The molecule has 0 unspecified atom stereocenters. The summed E-state index contributed by atoms with van der Waals surface area (Å²) in [6.45, 7) is 2.18. The van der Waals surface area contributed by atoms with E-state index in [1.807, 2.05) is 25.1 Å². The number of benzene rings is 1. The Morgan fingerprint density at radius 2 is 1.82 bits per heavy atom. The van der Waals surface area contributed by atoms with Gasteiger partial charge >= 0.3 is 0 Å². The highest BCUT2D eigenvalue weighted by Gasteiger charge is 2.60. The highest BCUT2D eigenvalue weighted by molar-refractivity contribution is 6.31. The topological polar surface area (TPSA) is 49.4 Å². The molecule has 1 heterocycles. The smallest absolute Gasteiger partial charge is 0.234 e. The molecule has 3 aliphatic rings. The van der Waals surface area contributed by atoms with Gasteiger partial charge in [-0.25, -0.2) is 0 Å². The summed E-state index contributed by atoms with van der Waals surface area (Å²) in [6.07, 6.45) is 3.29. The van der Waals surface area contributed by atoms with Crippen molar-refractivity contribution in [3.8, 4) is 0 Å². The number of anilines is 1. The molecule has 3 fully saturated rings. The molecule has 2 saturated carbocycles. The first-order valence-corrected chi connectivity index (χ1v) is 8.29. The van der Waals surface area contributed by atoms with Crippen molar-refractivity contribution in [2.75, 3.05) is 12.0 Å². The van der Waals surface area contributed by atoms with Crippen LogP contribution in [0.4, 0.5) is 5.69 Å². The predicted octanol–water partition coefficient (Wildman–Crippen LogP) is 3.05. The fourth-order valence-electron chi connectivity index (χ4n) is 4.50. The lowest BCUT2D eigenvalue weighted by Gasteiger charge is -2.19. The minimum atomic E-state index is -0.0466. The predicted molar refractivity (Wildman–Crippen MR) is 84.3 cm³/mol. The van der Waals surface area contributed by atoms with Crippen molar-refractivity contribution in [3.05, 3.63) is 28.8 Å². The second kappa shape index (κ2) is 4.98. The molecule has 1 N–H and O–H groups in total. The average molecular weight is 319 g/mol. The van der Waals surface area contributed by atoms with Gasteiger partial charge in [-0.3, -0.25) is 14.5 Å². The normalized spacial score (nSPS) is 32.7. The van der Waals surface area contributed by atoms with E-state index >= 15 is 0 Å². The molecule has 1 saturated heterocycles. The number of fused-ring (bicyclic) bond motifs is 5. The molecule has 1 aliphatic heterocycles. The third kappa shape index (κ3) is 1.97. The van der Waals surface area contributed by atoms with Crippen LogP contribution >= 0.6 is 11.6 Å². The van der Waals surface area contributed by atoms with Crippen LogP contribution < -0.4 is 5.32 Å². The van der Waals surface area contributed by atoms with Crippen molar-refractivity contribution < 1.29 is 9.59 Å². The van der Waals surface area contributed by atoms with Crippen molar-refractivity contribution in [2.45, 2.75) is 26.2 Å². The Hall–Kier alpha value is -1.55. The van der Waals surface area contributed by atoms with Crippen LogP contribution in [0.5, 0.6) is 0 Å². The van der Waals surface area contributed by atoms with E-state index in [4.69, 9.17) is 11.6 Å². The Kier molecular flexibility index (Phi) is 3.19. The molecule has 1 aromatic carbocycles. The second-order valence-electron chi connectivity index (χ2n) is 6.79. The zero-order valence-corrected chi connectivity index (χ0v) is 13.3. The molecular formula is C17H19ClN2O2. The Bertz CT molecular complexity index is 632. The molecule has 1 aromatic rings. The van der Waals surface area contributed by atoms with Crippen molar-refractivity contribution in [3.63, 3.8) is 0 Å². The molecule has 2 bridgehead atoms. The minimum absolute atomic E-state index is 0.0212. The third-order valence-corrected chi connectivity index (χ3v) is 6.04. The number of nitrogens with one attached hydrogen (secondary N) is 1. The molecule has 4 nitrogen and oxygen atoms in total. The van der Waals surface area contributed by atoms with Gasteiger partial charge in [-0.05, 0) is 55.7 Å². The van der Waals surface area contributed by atoms with E-state index in [0.717, 1.165) is 30.5 Å². The summed E-state index contributed by atoms with van der Waals surface area (Å²) in [5.74, 6) is 0.820. The zero-order chi connectivity index (χ0) is 15.4. The van der Waals surface area contributed by atoms with Crippen LogP contribution in [0.15, 0.2) is 18.2 Å². The average Bonchev–Trinajstić information content (AvgIpc) is 3.16. The SMILES string of the molecule is Cc1ccc(NCN2C(=O)[C@H]3[C@@H]4CC[C@@H](C4)[C@@H]3C2=O)cc1Cl. The summed E-state index contributed by atoms with van der Waals surface area (Å²) in [7, 11) is 0. The third-order valence-electron chi connectivity index (χ3n) is 5.63. The Balaban J connectivity index is 1.48. The van der Waals surface area contributed by atoms with Gasteiger partial charge in [0.1, 0.15) is 0 Å². The lowest BCUT2D eigenvalue weighted by molar-refractivity contribution is -0.140. The number of nitrogens with zero attached hydrogens (tertiary/aromatic N) is 1. The van der Waals surface area contributed by atoms with Gasteiger partial charge in [-0.15, -0.1) is 0 Å². The van der Waals surface area contributed by atoms with E-state index in [0.29, 0.717) is 16.9 Å². The van der Waals surface area contributed by atoms with E-state index in [2.05, 4.69) is 5.32 Å². The molecule has 116 valence electrons. The molecule has 0 aromatic heterocycles. The number of carbonyl (C=O) groups excluding carboxylic acids is 2. The maximum atomic E-state index is 12.6. The molecule has 4 rings (SSSR count). The van der Waals surface area contributed by atoms with E-state index in [1.54, 1.807) is 0 Å². The fourth-order valence-corrected chi connectivity index (χ4v) is 4.68. The first kappa shape index (κ1) is 14.1. The van der Waals surface area contributed by atoms with Crippen molar-refractivity contribution in [2.24, 2.45) is 23.7 Å². The summed E-state index contributed by atoms with van der Waals surface area (Å²) < 4.78 is 0. The van der Waals surface area contributed by atoms with Gasteiger partial charge in [0.15, 0.2) is 0 Å².